The average molecular weight is 615 g/mol. The minimum atomic E-state index is -0.519. The Balaban J connectivity index is 1.36. The number of amides is 2. The standard InChI is InChI=1S/C35H46N6O4/c1-8-24-17-23(4)38-33(43)29(24)21-37-32(42)28-18-26(19-30-27(28)11-12-41(30)22(2)3)25-9-10-31(36-20-25)39-13-15-40(16-14-39)34(44)45-35(5,6)7/h9-10,17-20,22H,8,11-16,21H2,1-7H3,(H,37,42)(H,38,43). The molecule has 45 heavy (non-hydrogen) atoms. The van der Waals surface area contributed by atoms with Gasteiger partial charge in [0.05, 0.1) is 0 Å². The summed E-state index contributed by atoms with van der Waals surface area (Å²) in [6, 6.07) is 10.4. The highest BCUT2D eigenvalue weighted by molar-refractivity contribution is 5.99. The van der Waals surface area contributed by atoms with Gasteiger partial charge < -0.3 is 29.7 Å². The Kier molecular flexibility index (Phi) is 9.23. The number of fused-ring (bicyclic) bond motifs is 1. The van der Waals surface area contributed by atoms with Gasteiger partial charge in [0, 0.05) is 79.6 Å². The molecule has 1 aromatic carbocycles. The summed E-state index contributed by atoms with van der Waals surface area (Å²) in [4.78, 5) is 52.8. The maximum atomic E-state index is 13.7. The SMILES string of the molecule is CCc1cc(C)[nH]c(=O)c1CNC(=O)c1cc(-c2ccc(N3CCN(C(=O)OC(C)(C)C)CC3)nc2)cc2c1CCN2C(C)C. The number of hydrogen-bond donors (Lipinski definition) is 2. The van der Waals surface area contributed by atoms with Crippen molar-refractivity contribution in [3.05, 3.63) is 74.8 Å². The Morgan fingerprint density at radius 3 is 2.40 bits per heavy atom. The minimum Gasteiger partial charge on any atom is -0.444 e. The molecule has 10 nitrogen and oxygen atoms in total. The Labute approximate surface area is 265 Å². The third kappa shape index (κ3) is 7.16. The first-order valence-corrected chi connectivity index (χ1v) is 16.0. The van der Waals surface area contributed by atoms with E-state index in [2.05, 4.69) is 40.0 Å². The molecule has 0 saturated carbocycles. The van der Waals surface area contributed by atoms with E-state index >= 15 is 0 Å². The number of nitrogens with zero attached hydrogens (tertiary/aromatic N) is 4. The van der Waals surface area contributed by atoms with Crippen LogP contribution in [0.4, 0.5) is 16.3 Å². The van der Waals surface area contributed by atoms with Gasteiger partial charge in [-0.05, 0) is 101 Å². The molecule has 0 atom stereocenters. The van der Waals surface area contributed by atoms with Crippen LogP contribution in [0.25, 0.3) is 11.1 Å². The number of carbonyl (C=O) groups excluding carboxylic acids is 2. The Bertz CT molecular complexity index is 1610. The zero-order valence-corrected chi connectivity index (χ0v) is 27.6. The molecule has 1 fully saturated rings. The largest absolute Gasteiger partial charge is 0.444 e. The van der Waals surface area contributed by atoms with Crippen LogP contribution < -0.4 is 20.7 Å². The van der Waals surface area contributed by atoms with Crippen molar-refractivity contribution >= 4 is 23.5 Å². The lowest BCUT2D eigenvalue weighted by Crippen LogP contribution is -2.50. The molecule has 2 N–H and O–H groups in total. The number of benzene rings is 1. The normalized spacial score (nSPS) is 15.0. The number of aromatic nitrogens is 2. The lowest BCUT2D eigenvalue weighted by molar-refractivity contribution is 0.0240. The van der Waals surface area contributed by atoms with Crippen LogP contribution in [0.5, 0.6) is 0 Å². The lowest BCUT2D eigenvalue weighted by Gasteiger charge is -2.36. The van der Waals surface area contributed by atoms with Gasteiger partial charge in [-0.15, -0.1) is 0 Å². The third-order valence-corrected chi connectivity index (χ3v) is 8.51. The predicted molar refractivity (Wildman–Crippen MR) is 178 cm³/mol. The van der Waals surface area contributed by atoms with Gasteiger partial charge in [-0.25, -0.2) is 9.78 Å². The van der Waals surface area contributed by atoms with Crippen LogP contribution in [0.15, 0.2) is 41.3 Å². The van der Waals surface area contributed by atoms with Crippen LogP contribution in [0.3, 0.4) is 0 Å². The second-order valence-electron chi connectivity index (χ2n) is 13.2. The van der Waals surface area contributed by atoms with Crippen LogP contribution in [0, 0.1) is 6.92 Å². The number of piperazine rings is 1. The summed E-state index contributed by atoms with van der Waals surface area (Å²) in [5.41, 5.74) is 6.25. The highest BCUT2D eigenvalue weighted by atomic mass is 16.6. The molecule has 10 heteroatoms. The summed E-state index contributed by atoms with van der Waals surface area (Å²) >= 11 is 0. The first-order valence-electron chi connectivity index (χ1n) is 16.0. The highest BCUT2D eigenvalue weighted by Gasteiger charge is 2.29. The van der Waals surface area contributed by atoms with Crippen LogP contribution in [0.1, 0.15) is 74.3 Å². The smallest absolute Gasteiger partial charge is 0.410 e. The molecule has 240 valence electrons. The van der Waals surface area contributed by atoms with E-state index in [0.29, 0.717) is 43.7 Å². The summed E-state index contributed by atoms with van der Waals surface area (Å²) in [6.07, 6.45) is 3.07. The molecule has 0 spiro atoms. The van der Waals surface area contributed by atoms with Gasteiger partial charge in [-0.1, -0.05) is 6.92 Å². The van der Waals surface area contributed by atoms with Crippen LogP contribution in [0.2, 0.25) is 0 Å². The monoisotopic (exact) mass is 614 g/mol. The molecule has 2 aliphatic rings. The number of anilines is 2. The van der Waals surface area contributed by atoms with E-state index in [1.807, 2.05) is 65.1 Å². The van der Waals surface area contributed by atoms with E-state index in [0.717, 1.165) is 52.4 Å². The number of ether oxygens (including phenoxy) is 1. The average Bonchev–Trinajstić information content (AvgIpc) is 3.43. The molecular formula is C35H46N6O4. The Morgan fingerprint density at radius 1 is 1.04 bits per heavy atom. The van der Waals surface area contributed by atoms with E-state index in [4.69, 9.17) is 9.72 Å². The number of nitrogens with one attached hydrogen (secondary N) is 2. The molecule has 0 radical (unpaired) electrons. The number of pyridine rings is 2. The van der Waals surface area contributed by atoms with Crippen molar-refractivity contribution in [1.82, 2.24) is 20.2 Å². The molecule has 2 amide bonds. The van der Waals surface area contributed by atoms with Crippen molar-refractivity contribution < 1.29 is 14.3 Å². The highest BCUT2D eigenvalue weighted by Crippen LogP contribution is 2.37. The molecule has 0 aliphatic carbocycles. The van der Waals surface area contributed by atoms with Gasteiger partial charge in [-0.3, -0.25) is 9.59 Å². The molecular weight excluding hydrogens is 568 g/mol. The second-order valence-corrected chi connectivity index (χ2v) is 13.2. The van der Waals surface area contributed by atoms with Gasteiger partial charge >= 0.3 is 6.09 Å². The van der Waals surface area contributed by atoms with E-state index in [1.165, 1.54) is 0 Å². The quantitative estimate of drug-likeness (QED) is 0.383. The summed E-state index contributed by atoms with van der Waals surface area (Å²) < 4.78 is 5.53. The van der Waals surface area contributed by atoms with E-state index in [1.54, 1.807) is 4.90 Å². The van der Waals surface area contributed by atoms with Crippen molar-refractivity contribution in [2.75, 3.05) is 42.5 Å². The molecule has 4 heterocycles. The topological polar surface area (TPSA) is 111 Å². The van der Waals surface area contributed by atoms with E-state index in [9.17, 15) is 14.4 Å². The van der Waals surface area contributed by atoms with E-state index in [-0.39, 0.29) is 30.1 Å². The number of hydrogen-bond acceptors (Lipinski definition) is 7. The molecule has 0 bridgehead atoms. The summed E-state index contributed by atoms with van der Waals surface area (Å²) in [5, 5.41) is 3.04. The van der Waals surface area contributed by atoms with Crippen molar-refractivity contribution in [3.8, 4) is 11.1 Å². The maximum absolute atomic E-state index is 13.7. The molecule has 3 aromatic rings. The fourth-order valence-corrected chi connectivity index (χ4v) is 6.18. The maximum Gasteiger partial charge on any atom is 0.410 e. The predicted octanol–water partition coefficient (Wildman–Crippen LogP) is 5.07. The van der Waals surface area contributed by atoms with Gasteiger partial charge in [0.1, 0.15) is 11.4 Å². The Morgan fingerprint density at radius 2 is 1.78 bits per heavy atom. The third-order valence-electron chi connectivity index (χ3n) is 8.51. The number of rotatable bonds is 7. The van der Waals surface area contributed by atoms with Crippen molar-refractivity contribution in [2.24, 2.45) is 0 Å². The number of aromatic amines is 1. The number of carbonyl (C=O) groups is 2. The van der Waals surface area contributed by atoms with Gasteiger partial charge in [0.25, 0.3) is 11.5 Å². The van der Waals surface area contributed by atoms with Crippen LogP contribution >= 0.6 is 0 Å². The molecule has 0 unspecified atom stereocenters. The van der Waals surface area contributed by atoms with Gasteiger partial charge in [-0.2, -0.15) is 0 Å². The van der Waals surface area contributed by atoms with Gasteiger partial charge in [0.15, 0.2) is 0 Å². The minimum absolute atomic E-state index is 0.158. The van der Waals surface area contributed by atoms with Crippen molar-refractivity contribution in [3.63, 3.8) is 0 Å². The first kappa shape index (κ1) is 32.1. The first-order chi connectivity index (χ1) is 21.3. The zero-order valence-electron chi connectivity index (χ0n) is 27.6. The summed E-state index contributed by atoms with van der Waals surface area (Å²) in [6.45, 7) is 17.3. The molecule has 2 aliphatic heterocycles. The van der Waals surface area contributed by atoms with Crippen molar-refractivity contribution in [2.45, 2.75) is 79.5 Å². The Hall–Kier alpha value is -4.34. The zero-order chi connectivity index (χ0) is 32.5. The van der Waals surface area contributed by atoms with Crippen molar-refractivity contribution in [1.29, 1.82) is 0 Å². The van der Waals surface area contributed by atoms with Crippen LogP contribution in [-0.4, -0.2) is 71.2 Å². The summed E-state index contributed by atoms with van der Waals surface area (Å²) in [7, 11) is 0. The van der Waals surface area contributed by atoms with Crippen LogP contribution in [-0.2, 0) is 24.1 Å². The second kappa shape index (κ2) is 12.9. The fraction of sp³-hybridized carbons (Fsp3) is 0.486. The van der Waals surface area contributed by atoms with Gasteiger partial charge in [0.2, 0.25) is 0 Å². The lowest BCUT2D eigenvalue weighted by atomic mass is 9.97. The molecule has 5 rings (SSSR count). The number of aryl methyl sites for hydroxylation is 2. The fourth-order valence-electron chi connectivity index (χ4n) is 6.18. The summed E-state index contributed by atoms with van der Waals surface area (Å²) in [5.74, 6) is 0.661. The number of H-pyrrole nitrogens is 1. The molecule has 1 saturated heterocycles. The van der Waals surface area contributed by atoms with E-state index < -0.39 is 5.60 Å². The molecule has 2 aromatic heterocycles.